The van der Waals surface area contributed by atoms with Crippen LogP contribution >= 0.6 is 11.6 Å². The van der Waals surface area contributed by atoms with Crippen LogP contribution in [0.25, 0.3) is 0 Å². The van der Waals surface area contributed by atoms with Crippen molar-refractivity contribution in [2.24, 2.45) is 10.7 Å². The number of anilines is 1. The van der Waals surface area contributed by atoms with E-state index in [2.05, 4.69) is 15.3 Å². The lowest BCUT2D eigenvalue weighted by Crippen LogP contribution is -2.42. The number of pyridine rings is 1. The van der Waals surface area contributed by atoms with Crippen molar-refractivity contribution in [1.29, 1.82) is 0 Å². The zero-order valence-electron chi connectivity index (χ0n) is 13.4. The van der Waals surface area contributed by atoms with Gasteiger partial charge in [-0.1, -0.05) is 29.8 Å². The molecule has 1 aromatic carbocycles. The first-order chi connectivity index (χ1) is 11.9. The molecule has 1 aromatic heterocycles. The van der Waals surface area contributed by atoms with E-state index in [0.717, 1.165) is 5.56 Å². The molecule has 2 heterocycles. The summed E-state index contributed by atoms with van der Waals surface area (Å²) in [5.74, 6) is -0.295. The van der Waals surface area contributed by atoms with Crippen LogP contribution in [0.2, 0.25) is 5.15 Å². The van der Waals surface area contributed by atoms with Crippen molar-refractivity contribution in [1.82, 2.24) is 9.88 Å². The summed E-state index contributed by atoms with van der Waals surface area (Å²) in [6.07, 6.45) is 0.227. The third kappa shape index (κ3) is 3.77. The van der Waals surface area contributed by atoms with E-state index in [1.165, 1.54) is 4.90 Å². The summed E-state index contributed by atoms with van der Waals surface area (Å²) in [5.41, 5.74) is 7.35. The number of nitrogens with zero attached hydrogens (tertiary/aromatic N) is 3. The topological polar surface area (TPSA) is 101 Å². The third-order valence-electron chi connectivity index (χ3n) is 3.85. The second-order valence-corrected chi connectivity index (χ2v) is 5.97. The van der Waals surface area contributed by atoms with E-state index in [-0.39, 0.29) is 41.1 Å². The fourth-order valence-corrected chi connectivity index (χ4v) is 2.63. The monoisotopic (exact) mass is 357 g/mol. The molecule has 7 nitrogen and oxygen atoms in total. The number of carbonyl (C=O) groups excluding carboxylic acids is 2. The molecule has 1 aliphatic heterocycles. The van der Waals surface area contributed by atoms with Crippen LogP contribution in [0.15, 0.2) is 47.5 Å². The zero-order valence-corrected chi connectivity index (χ0v) is 14.2. The van der Waals surface area contributed by atoms with Gasteiger partial charge in [-0.05, 0) is 29.8 Å². The number of aliphatic imine (C=N–C) groups is 1. The average molecular weight is 358 g/mol. The van der Waals surface area contributed by atoms with Gasteiger partial charge < -0.3 is 11.1 Å². The van der Waals surface area contributed by atoms with Gasteiger partial charge in [0, 0.05) is 12.7 Å². The molecule has 0 saturated carbocycles. The maximum absolute atomic E-state index is 12.3. The first-order valence-electron chi connectivity index (χ1n) is 7.58. The van der Waals surface area contributed by atoms with Crippen molar-refractivity contribution in [2.45, 2.75) is 12.5 Å². The Hall–Kier alpha value is -2.93. The molecular weight excluding hydrogens is 342 g/mol. The van der Waals surface area contributed by atoms with Crippen LogP contribution in [-0.4, -0.2) is 34.7 Å². The van der Waals surface area contributed by atoms with E-state index in [9.17, 15) is 9.59 Å². The van der Waals surface area contributed by atoms with Crippen LogP contribution in [0, 0.1) is 0 Å². The predicted molar refractivity (Wildman–Crippen MR) is 95.4 cm³/mol. The van der Waals surface area contributed by atoms with Gasteiger partial charge in [0.05, 0.1) is 12.5 Å². The molecule has 0 radical (unpaired) electrons. The van der Waals surface area contributed by atoms with Gasteiger partial charge in [-0.15, -0.1) is 0 Å². The van der Waals surface area contributed by atoms with Gasteiger partial charge in [0.1, 0.15) is 10.8 Å². The third-order valence-corrected chi connectivity index (χ3v) is 4.06. The number of hydrogen-bond donors (Lipinski definition) is 2. The summed E-state index contributed by atoms with van der Waals surface area (Å²) in [6.45, 7) is 0. The molecule has 8 heteroatoms. The maximum atomic E-state index is 12.3. The lowest BCUT2D eigenvalue weighted by atomic mass is 10.0. The lowest BCUT2D eigenvalue weighted by molar-refractivity contribution is -0.127. The maximum Gasteiger partial charge on any atom is 0.274 e. The highest BCUT2D eigenvalue weighted by Crippen LogP contribution is 2.27. The second-order valence-electron chi connectivity index (χ2n) is 5.59. The van der Waals surface area contributed by atoms with Crippen molar-refractivity contribution in [3.05, 3.63) is 58.9 Å². The van der Waals surface area contributed by atoms with E-state index < -0.39 is 0 Å². The van der Waals surface area contributed by atoms with E-state index in [4.69, 9.17) is 17.3 Å². The Morgan fingerprint density at radius 3 is 2.80 bits per heavy atom. The Kier molecular flexibility index (Phi) is 4.67. The number of carbonyl (C=O) groups is 2. The summed E-state index contributed by atoms with van der Waals surface area (Å²) < 4.78 is 0. The summed E-state index contributed by atoms with van der Waals surface area (Å²) in [4.78, 5) is 33.8. The zero-order chi connectivity index (χ0) is 18.0. The van der Waals surface area contributed by atoms with Crippen molar-refractivity contribution in [3.63, 3.8) is 0 Å². The highest BCUT2D eigenvalue weighted by atomic mass is 35.5. The molecule has 3 rings (SSSR count). The Bertz CT molecular complexity index is 868. The number of halogens is 1. The number of benzene rings is 1. The van der Waals surface area contributed by atoms with Crippen molar-refractivity contribution in [3.8, 4) is 0 Å². The molecule has 25 heavy (non-hydrogen) atoms. The van der Waals surface area contributed by atoms with Crippen LogP contribution in [0.1, 0.15) is 28.5 Å². The number of guanidine groups is 1. The van der Waals surface area contributed by atoms with Crippen molar-refractivity contribution < 1.29 is 9.59 Å². The lowest BCUT2D eigenvalue weighted by Gasteiger charge is -2.25. The van der Waals surface area contributed by atoms with E-state index in [0.29, 0.717) is 5.69 Å². The van der Waals surface area contributed by atoms with E-state index in [1.807, 2.05) is 6.07 Å². The average Bonchev–Trinajstić information content (AvgIpc) is 2.59. The number of hydrogen-bond acceptors (Lipinski definition) is 5. The van der Waals surface area contributed by atoms with Gasteiger partial charge >= 0.3 is 0 Å². The SMILES string of the molecule is CN1C(=O)CC(c2cccc(NC(=O)c3cccc(Cl)n3)c2)N=C1N. The molecule has 2 aromatic rings. The fraction of sp³-hybridized carbons (Fsp3) is 0.176. The van der Waals surface area contributed by atoms with Gasteiger partial charge in [-0.25, -0.2) is 9.98 Å². The Morgan fingerprint density at radius 2 is 2.08 bits per heavy atom. The van der Waals surface area contributed by atoms with Gasteiger partial charge in [0.25, 0.3) is 5.91 Å². The minimum absolute atomic E-state index is 0.102. The predicted octanol–water partition coefficient (Wildman–Crippen LogP) is 2.21. The normalized spacial score (nSPS) is 17.2. The highest BCUT2D eigenvalue weighted by Gasteiger charge is 2.25. The molecule has 1 unspecified atom stereocenters. The molecule has 3 N–H and O–H groups in total. The minimum atomic E-state index is -0.373. The van der Waals surface area contributed by atoms with Crippen molar-refractivity contribution in [2.75, 3.05) is 12.4 Å². The molecule has 1 atom stereocenters. The van der Waals surface area contributed by atoms with Gasteiger partial charge in [-0.2, -0.15) is 0 Å². The molecule has 1 aliphatic rings. The molecule has 0 saturated heterocycles. The number of nitrogens with two attached hydrogens (primary N) is 1. The molecule has 0 fully saturated rings. The molecule has 2 amide bonds. The van der Waals surface area contributed by atoms with Crippen molar-refractivity contribution >= 4 is 35.1 Å². The van der Waals surface area contributed by atoms with Crippen LogP contribution in [0.5, 0.6) is 0 Å². The quantitative estimate of drug-likeness (QED) is 0.822. The van der Waals surface area contributed by atoms with Crippen LogP contribution < -0.4 is 11.1 Å². The summed E-state index contributed by atoms with van der Waals surface area (Å²) in [7, 11) is 1.59. The Labute approximate surface area is 149 Å². The fourth-order valence-electron chi connectivity index (χ4n) is 2.47. The van der Waals surface area contributed by atoms with E-state index >= 15 is 0 Å². The number of nitrogens with one attached hydrogen (secondary N) is 1. The standard InChI is InChI=1S/C17H16ClN5O2/c1-23-15(24)9-13(22-17(23)19)10-4-2-5-11(8-10)20-16(25)12-6-3-7-14(18)21-12/h2-8,13H,9H2,1H3,(H2,19,22)(H,20,25). The van der Waals surface area contributed by atoms with Gasteiger partial charge in [-0.3, -0.25) is 14.5 Å². The first kappa shape index (κ1) is 16.9. The summed E-state index contributed by atoms with van der Waals surface area (Å²) >= 11 is 5.80. The molecule has 0 spiro atoms. The molecule has 0 bridgehead atoms. The van der Waals surface area contributed by atoms with Crippen LogP contribution in [0.3, 0.4) is 0 Å². The first-order valence-corrected chi connectivity index (χ1v) is 7.95. The van der Waals surface area contributed by atoms with Crippen LogP contribution in [0.4, 0.5) is 5.69 Å². The smallest absolute Gasteiger partial charge is 0.274 e. The summed E-state index contributed by atoms with van der Waals surface area (Å²) in [5, 5.41) is 3.01. The van der Waals surface area contributed by atoms with E-state index in [1.54, 1.807) is 43.4 Å². The Morgan fingerprint density at radius 1 is 1.32 bits per heavy atom. The highest BCUT2D eigenvalue weighted by molar-refractivity contribution is 6.29. The number of rotatable bonds is 3. The van der Waals surface area contributed by atoms with Gasteiger partial charge in [0.2, 0.25) is 5.91 Å². The summed E-state index contributed by atoms with van der Waals surface area (Å²) in [6, 6.07) is 11.6. The molecule has 0 aliphatic carbocycles. The van der Waals surface area contributed by atoms with Gasteiger partial charge in [0.15, 0.2) is 5.96 Å². The minimum Gasteiger partial charge on any atom is -0.369 e. The number of aromatic nitrogens is 1. The molecule has 128 valence electrons. The second kappa shape index (κ2) is 6.90. The molecular formula is C17H16ClN5O2. The number of amides is 2. The largest absolute Gasteiger partial charge is 0.369 e. The Balaban J connectivity index is 1.80. The van der Waals surface area contributed by atoms with Crippen LogP contribution in [-0.2, 0) is 4.79 Å².